The first-order valence-electron chi connectivity index (χ1n) is 8.36. The third-order valence-corrected chi connectivity index (χ3v) is 3.43. The molecule has 1 aromatic carbocycles. The molecule has 0 radical (unpaired) electrons. The van der Waals surface area contributed by atoms with Crippen LogP contribution in [-0.4, -0.2) is 19.1 Å². The third kappa shape index (κ3) is 9.22. The highest BCUT2D eigenvalue weighted by molar-refractivity contribution is 5.73. The number of benzene rings is 1. The molecule has 0 unspecified atom stereocenters. The zero-order valence-electron chi connectivity index (χ0n) is 13.9. The molecule has 3 nitrogen and oxygen atoms in total. The van der Waals surface area contributed by atoms with Crippen molar-refractivity contribution in [1.29, 1.82) is 0 Å². The van der Waals surface area contributed by atoms with Crippen LogP contribution >= 0.6 is 0 Å². The third-order valence-electron chi connectivity index (χ3n) is 3.43. The zero-order chi connectivity index (χ0) is 16.0. The average Bonchev–Trinajstić information content (AvgIpc) is 2.52. The second kappa shape index (κ2) is 11.8. The molecule has 0 spiro atoms. The summed E-state index contributed by atoms with van der Waals surface area (Å²) in [6.45, 7) is 5.11. The van der Waals surface area contributed by atoms with Crippen molar-refractivity contribution in [2.75, 3.05) is 13.2 Å². The standard InChI is InChI=1S/C19H29NO2/c1-3-4-5-6-7-8-16-22-19-13-11-18(12-14-19)10-9-15-20-17(2)21/h9-14H,3-8,15-16H2,1-2H3,(H,20,21). The molecular formula is C19H29NO2. The van der Waals surface area contributed by atoms with Gasteiger partial charge < -0.3 is 10.1 Å². The summed E-state index contributed by atoms with van der Waals surface area (Å²) in [6.07, 6.45) is 11.6. The molecule has 1 amide bonds. The van der Waals surface area contributed by atoms with Crippen molar-refractivity contribution < 1.29 is 9.53 Å². The largest absolute Gasteiger partial charge is 0.494 e. The minimum absolute atomic E-state index is 0.0110. The summed E-state index contributed by atoms with van der Waals surface area (Å²) in [6, 6.07) is 8.05. The van der Waals surface area contributed by atoms with E-state index in [0.29, 0.717) is 6.54 Å². The Morgan fingerprint density at radius 1 is 1.09 bits per heavy atom. The summed E-state index contributed by atoms with van der Waals surface area (Å²) >= 11 is 0. The number of hydrogen-bond donors (Lipinski definition) is 1. The molecule has 3 heteroatoms. The van der Waals surface area contributed by atoms with E-state index in [0.717, 1.165) is 24.3 Å². The maximum Gasteiger partial charge on any atom is 0.217 e. The van der Waals surface area contributed by atoms with Gasteiger partial charge in [0.2, 0.25) is 5.91 Å². The van der Waals surface area contributed by atoms with E-state index in [-0.39, 0.29) is 5.91 Å². The van der Waals surface area contributed by atoms with Crippen molar-refractivity contribution in [2.45, 2.75) is 52.4 Å². The van der Waals surface area contributed by atoms with E-state index in [1.165, 1.54) is 39.0 Å². The minimum atomic E-state index is -0.0110. The molecule has 0 aliphatic carbocycles. The fourth-order valence-electron chi connectivity index (χ4n) is 2.15. The molecule has 1 aromatic rings. The lowest BCUT2D eigenvalue weighted by Gasteiger charge is -2.06. The number of nitrogens with one attached hydrogen (secondary N) is 1. The topological polar surface area (TPSA) is 38.3 Å². The molecule has 0 bridgehead atoms. The van der Waals surface area contributed by atoms with Crippen LogP contribution in [0.4, 0.5) is 0 Å². The van der Waals surface area contributed by atoms with Crippen molar-refractivity contribution in [3.63, 3.8) is 0 Å². The molecule has 0 aliphatic heterocycles. The van der Waals surface area contributed by atoms with Crippen LogP contribution in [0.25, 0.3) is 6.08 Å². The van der Waals surface area contributed by atoms with E-state index in [2.05, 4.69) is 12.2 Å². The van der Waals surface area contributed by atoms with Crippen LogP contribution in [0.2, 0.25) is 0 Å². The van der Waals surface area contributed by atoms with Crippen LogP contribution in [0.3, 0.4) is 0 Å². The van der Waals surface area contributed by atoms with E-state index in [1.807, 2.05) is 36.4 Å². The van der Waals surface area contributed by atoms with Gasteiger partial charge in [0.05, 0.1) is 6.61 Å². The lowest BCUT2D eigenvalue weighted by molar-refractivity contribution is -0.118. The molecule has 0 saturated carbocycles. The second-order valence-corrected chi connectivity index (χ2v) is 5.52. The molecule has 0 heterocycles. The number of carbonyl (C=O) groups is 1. The number of amides is 1. The van der Waals surface area contributed by atoms with Gasteiger partial charge in [-0.3, -0.25) is 4.79 Å². The van der Waals surface area contributed by atoms with Gasteiger partial charge in [0.25, 0.3) is 0 Å². The van der Waals surface area contributed by atoms with Gasteiger partial charge in [0, 0.05) is 13.5 Å². The number of rotatable bonds is 11. The van der Waals surface area contributed by atoms with Gasteiger partial charge in [-0.25, -0.2) is 0 Å². The molecule has 122 valence electrons. The minimum Gasteiger partial charge on any atom is -0.494 e. The molecule has 0 fully saturated rings. The van der Waals surface area contributed by atoms with Crippen molar-refractivity contribution in [3.8, 4) is 5.75 Å². The number of ether oxygens (including phenoxy) is 1. The Balaban J connectivity index is 2.17. The zero-order valence-corrected chi connectivity index (χ0v) is 13.9. The quantitative estimate of drug-likeness (QED) is 0.608. The van der Waals surface area contributed by atoms with Crippen molar-refractivity contribution in [2.24, 2.45) is 0 Å². The summed E-state index contributed by atoms with van der Waals surface area (Å²) in [5.74, 6) is 0.913. The average molecular weight is 303 g/mol. The number of unbranched alkanes of at least 4 members (excludes halogenated alkanes) is 5. The van der Waals surface area contributed by atoms with Gasteiger partial charge in [-0.15, -0.1) is 0 Å². The Hall–Kier alpha value is -1.77. The Morgan fingerprint density at radius 3 is 2.45 bits per heavy atom. The number of carbonyl (C=O) groups excluding carboxylic acids is 1. The Kier molecular flexibility index (Phi) is 9.84. The summed E-state index contributed by atoms with van der Waals surface area (Å²) < 4.78 is 5.74. The molecule has 1 N–H and O–H groups in total. The fraction of sp³-hybridized carbons (Fsp3) is 0.526. The highest BCUT2D eigenvalue weighted by Gasteiger charge is 1.95. The monoisotopic (exact) mass is 303 g/mol. The van der Waals surface area contributed by atoms with E-state index in [4.69, 9.17) is 4.74 Å². The Bertz CT molecular complexity index is 437. The maximum atomic E-state index is 10.7. The SMILES string of the molecule is CCCCCCCCOc1ccc(C=CCNC(C)=O)cc1. The number of hydrogen-bond acceptors (Lipinski definition) is 2. The molecule has 0 aromatic heterocycles. The first-order valence-corrected chi connectivity index (χ1v) is 8.36. The normalized spacial score (nSPS) is 10.8. The van der Waals surface area contributed by atoms with E-state index in [1.54, 1.807) is 0 Å². The van der Waals surface area contributed by atoms with Crippen LogP contribution in [0, 0.1) is 0 Å². The van der Waals surface area contributed by atoms with Crippen LogP contribution in [0.5, 0.6) is 5.75 Å². The second-order valence-electron chi connectivity index (χ2n) is 5.52. The van der Waals surface area contributed by atoms with Gasteiger partial charge in [-0.05, 0) is 24.1 Å². The summed E-state index contributed by atoms with van der Waals surface area (Å²) in [5, 5.41) is 2.73. The Labute approximate surface area is 134 Å². The van der Waals surface area contributed by atoms with Gasteiger partial charge in [-0.1, -0.05) is 63.3 Å². The predicted molar refractivity (Wildman–Crippen MR) is 93.0 cm³/mol. The van der Waals surface area contributed by atoms with Gasteiger partial charge >= 0.3 is 0 Å². The molecule has 0 aliphatic rings. The highest BCUT2D eigenvalue weighted by Crippen LogP contribution is 2.14. The predicted octanol–water partition coefficient (Wildman–Crippen LogP) is 4.58. The van der Waals surface area contributed by atoms with Gasteiger partial charge in [0.1, 0.15) is 5.75 Å². The Morgan fingerprint density at radius 2 is 1.77 bits per heavy atom. The van der Waals surface area contributed by atoms with Crippen LogP contribution in [0.15, 0.2) is 30.3 Å². The van der Waals surface area contributed by atoms with E-state index >= 15 is 0 Å². The van der Waals surface area contributed by atoms with Crippen molar-refractivity contribution in [3.05, 3.63) is 35.9 Å². The highest BCUT2D eigenvalue weighted by atomic mass is 16.5. The summed E-state index contributed by atoms with van der Waals surface area (Å²) in [5.41, 5.74) is 1.11. The lowest BCUT2D eigenvalue weighted by atomic mass is 10.1. The fourth-order valence-corrected chi connectivity index (χ4v) is 2.15. The van der Waals surface area contributed by atoms with E-state index < -0.39 is 0 Å². The molecular weight excluding hydrogens is 274 g/mol. The van der Waals surface area contributed by atoms with Crippen LogP contribution in [-0.2, 0) is 4.79 Å². The van der Waals surface area contributed by atoms with Crippen LogP contribution in [0.1, 0.15) is 57.9 Å². The molecule has 22 heavy (non-hydrogen) atoms. The van der Waals surface area contributed by atoms with Crippen molar-refractivity contribution >= 4 is 12.0 Å². The smallest absolute Gasteiger partial charge is 0.217 e. The summed E-state index contributed by atoms with van der Waals surface area (Å²) in [4.78, 5) is 10.7. The lowest BCUT2D eigenvalue weighted by Crippen LogP contribution is -2.19. The first-order chi connectivity index (χ1) is 10.7. The van der Waals surface area contributed by atoms with Gasteiger partial charge in [0.15, 0.2) is 0 Å². The maximum absolute atomic E-state index is 10.7. The molecule has 0 saturated heterocycles. The van der Waals surface area contributed by atoms with E-state index in [9.17, 15) is 4.79 Å². The summed E-state index contributed by atoms with van der Waals surface area (Å²) in [7, 11) is 0. The molecule has 0 atom stereocenters. The molecule has 1 rings (SSSR count). The first kappa shape index (κ1) is 18.3. The van der Waals surface area contributed by atoms with Crippen molar-refractivity contribution in [1.82, 2.24) is 5.32 Å². The van der Waals surface area contributed by atoms with Crippen LogP contribution < -0.4 is 10.1 Å². The van der Waals surface area contributed by atoms with Gasteiger partial charge in [-0.2, -0.15) is 0 Å².